The Hall–Kier alpha value is -2.78. The van der Waals surface area contributed by atoms with E-state index >= 15 is 0 Å². The molecule has 0 unspecified atom stereocenters. The minimum atomic E-state index is -0.429. The van der Waals surface area contributed by atoms with Gasteiger partial charge in [-0.1, -0.05) is 12.1 Å². The smallest absolute Gasteiger partial charge is 0.262 e. The predicted octanol–water partition coefficient (Wildman–Crippen LogP) is 1.68. The highest BCUT2D eigenvalue weighted by Gasteiger charge is 2.16. The normalized spacial score (nSPS) is 13.3. The van der Waals surface area contributed by atoms with E-state index < -0.39 is 5.91 Å². The first-order valence-corrected chi connectivity index (χ1v) is 7.09. The number of carbonyl (C=O) groups is 1. The molecule has 0 aromatic heterocycles. The highest BCUT2D eigenvalue weighted by molar-refractivity contribution is 5.98. The number of amides is 1. The van der Waals surface area contributed by atoms with Crippen molar-refractivity contribution in [2.45, 2.75) is 0 Å². The molecule has 23 heavy (non-hydrogen) atoms. The number of nitrogens with one attached hydrogen (secondary N) is 1. The Balaban J connectivity index is 2.19. The Morgan fingerprint density at radius 2 is 2.30 bits per heavy atom. The van der Waals surface area contributed by atoms with Crippen LogP contribution in [0.4, 0.5) is 0 Å². The molecule has 1 amide bonds. The molecule has 1 aromatic carbocycles. The molecule has 2 rings (SSSR count). The molecule has 6 heteroatoms. The number of nitriles is 1. The molecular formula is C17H18N2O4. The first kappa shape index (κ1) is 16.6. The lowest BCUT2D eigenvalue weighted by atomic mass is 10.0. The second-order valence-corrected chi connectivity index (χ2v) is 4.81. The van der Waals surface area contributed by atoms with Crippen molar-refractivity contribution in [3.63, 3.8) is 0 Å². The molecule has 0 aliphatic carbocycles. The Labute approximate surface area is 135 Å². The number of hydrogen-bond acceptors (Lipinski definition) is 5. The van der Waals surface area contributed by atoms with Gasteiger partial charge >= 0.3 is 0 Å². The molecule has 0 radical (unpaired) electrons. The zero-order chi connectivity index (χ0) is 16.7. The van der Waals surface area contributed by atoms with Gasteiger partial charge in [0.25, 0.3) is 5.91 Å². The highest BCUT2D eigenvalue weighted by atomic mass is 16.5. The third-order valence-electron chi connectivity index (χ3n) is 3.24. The van der Waals surface area contributed by atoms with Crippen LogP contribution in [-0.2, 0) is 9.53 Å². The fraction of sp³-hybridized carbons (Fsp3) is 0.294. The lowest BCUT2D eigenvalue weighted by Crippen LogP contribution is -2.28. The molecule has 0 saturated carbocycles. The largest absolute Gasteiger partial charge is 0.493 e. The van der Waals surface area contributed by atoms with Crippen LogP contribution in [0.1, 0.15) is 5.56 Å². The van der Waals surface area contributed by atoms with Crippen molar-refractivity contribution < 1.29 is 19.0 Å². The molecule has 1 N–H and O–H groups in total. The molecule has 0 atom stereocenters. The molecule has 1 aliphatic rings. The average Bonchev–Trinajstić information content (AvgIpc) is 2.58. The van der Waals surface area contributed by atoms with E-state index in [9.17, 15) is 4.79 Å². The van der Waals surface area contributed by atoms with Gasteiger partial charge in [-0.25, -0.2) is 0 Å². The molecule has 1 heterocycles. The monoisotopic (exact) mass is 314 g/mol. The van der Waals surface area contributed by atoms with Crippen LogP contribution < -0.4 is 14.8 Å². The van der Waals surface area contributed by atoms with Crippen LogP contribution in [-0.4, -0.2) is 39.9 Å². The summed E-state index contributed by atoms with van der Waals surface area (Å²) in [6.45, 7) is 1.01. The molecule has 1 aliphatic heterocycles. The summed E-state index contributed by atoms with van der Waals surface area (Å²) in [6, 6.07) is 7.47. The van der Waals surface area contributed by atoms with Crippen molar-refractivity contribution in [2.75, 3.05) is 34.0 Å². The van der Waals surface area contributed by atoms with E-state index in [4.69, 9.17) is 19.5 Å². The maximum absolute atomic E-state index is 11.9. The molecule has 0 saturated heterocycles. The van der Waals surface area contributed by atoms with Gasteiger partial charge in [-0.3, -0.25) is 4.79 Å². The van der Waals surface area contributed by atoms with Crippen LogP contribution in [0, 0.1) is 11.3 Å². The Morgan fingerprint density at radius 3 is 3.00 bits per heavy atom. The van der Waals surface area contributed by atoms with Gasteiger partial charge in [0.1, 0.15) is 18.2 Å². The standard InChI is InChI=1S/C17H18N2O4/c1-21-7-6-19-17(20)14(10-18)9-12-8-13-4-3-5-15(22-2)16(13)23-11-12/h3-5,8-9H,6-7,11H2,1-2H3,(H,19,20)/b14-9-. The van der Waals surface area contributed by atoms with Crippen molar-refractivity contribution >= 4 is 12.0 Å². The molecule has 0 bridgehead atoms. The Bertz CT molecular complexity index is 686. The Kier molecular flexibility index (Phi) is 5.78. The van der Waals surface area contributed by atoms with Crippen molar-refractivity contribution in [3.8, 4) is 17.6 Å². The minimum absolute atomic E-state index is 0.0299. The fourth-order valence-electron chi connectivity index (χ4n) is 2.14. The number of nitrogens with zero attached hydrogens (tertiary/aromatic N) is 1. The quantitative estimate of drug-likeness (QED) is 0.491. The second kappa shape index (κ2) is 8.01. The van der Waals surface area contributed by atoms with Crippen LogP contribution in [0.3, 0.4) is 0 Å². The molecule has 0 spiro atoms. The lowest BCUT2D eigenvalue weighted by Gasteiger charge is -2.18. The zero-order valence-corrected chi connectivity index (χ0v) is 13.1. The van der Waals surface area contributed by atoms with Gasteiger partial charge in [-0.15, -0.1) is 0 Å². The van der Waals surface area contributed by atoms with Gasteiger partial charge in [0.2, 0.25) is 0 Å². The van der Waals surface area contributed by atoms with Gasteiger partial charge in [0.05, 0.1) is 13.7 Å². The summed E-state index contributed by atoms with van der Waals surface area (Å²) < 4.78 is 15.8. The highest BCUT2D eigenvalue weighted by Crippen LogP contribution is 2.35. The summed E-state index contributed by atoms with van der Waals surface area (Å²) in [6.07, 6.45) is 3.41. The topological polar surface area (TPSA) is 80.6 Å². The van der Waals surface area contributed by atoms with Crippen molar-refractivity contribution in [3.05, 3.63) is 41.0 Å². The first-order valence-electron chi connectivity index (χ1n) is 7.09. The third-order valence-corrected chi connectivity index (χ3v) is 3.24. The van der Waals surface area contributed by atoms with Crippen molar-refractivity contribution in [1.82, 2.24) is 5.32 Å². The summed E-state index contributed by atoms with van der Waals surface area (Å²) in [4.78, 5) is 11.9. The molecule has 0 fully saturated rings. The van der Waals surface area contributed by atoms with E-state index in [1.165, 1.54) is 6.08 Å². The maximum Gasteiger partial charge on any atom is 0.262 e. The van der Waals surface area contributed by atoms with Crippen LogP contribution in [0.25, 0.3) is 6.08 Å². The minimum Gasteiger partial charge on any atom is -0.493 e. The lowest BCUT2D eigenvalue weighted by molar-refractivity contribution is -0.117. The number of para-hydroxylation sites is 1. The van der Waals surface area contributed by atoms with E-state index in [0.29, 0.717) is 24.7 Å². The van der Waals surface area contributed by atoms with Crippen LogP contribution >= 0.6 is 0 Å². The van der Waals surface area contributed by atoms with E-state index in [2.05, 4.69) is 5.32 Å². The summed E-state index contributed by atoms with van der Waals surface area (Å²) >= 11 is 0. The van der Waals surface area contributed by atoms with E-state index in [-0.39, 0.29) is 12.2 Å². The Morgan fingerprint density at radius 1 is 1.48 bits per heavy atom. The summed E-state index contributed by atoms with van der Waals surface area (Å²) in [5, 5.41) is 11.8. The number of rotatable bonds is 6. The molecule has 1 aromatic rings. The van der Waals surface area contributed by atoms with Gasteiger partial charge in [-0.05, 0) is 23.8 Å². The number of benzene rings is 1. The summed E-state index contributed by atoms with van der Waals surface area (Å²) in [5.41, 5.74) is 1.62. The zero-order valence-electron chi connectivity index (χ0n) is 13.1. The third kappa shape index (κ3) is 4.11. The summed E-state index contributed by atoms with van der Waals surface area (Å²) in [7, 11) is 3.12. The van der Waals surface area contributed by atoms with Crippen LogP contribution in [0.15, 0.2) is 35.4 Å². The van der Waals surface area contributed by atoms with Gasteiger partial charge < -0.3 is 19.5 Å². The number of carbonyl (C=O) groups excluding carboxylic acids is 1. The summed E-state index contributed by atoms with van der Waals surface area (Å²) in [5.74, 6) is 0.886. The van der Waals surface area contributed by atoms with E-state index in [1.807, 2.05) is 30.3 Å². The van der Waals surface area contributed by atoms with Gasteiger partial charge in [0.15, 0.2) is 11.5 Å². The van der Waals surface area contributed by atoms with Gasteiger partial charge in [0, 0.05) is 19.2 Å². The van der Waals surface area contributed by atoms with E-state index in [0.717, 1.165) is 11.1 Å². The number of hydrogen-bond donors (Lipinski definition) is 1. The first-order chi connectivity index (χ1) is 11.2. The fourth-order valence-corrected chi connectivity index (χ4v) is 2.14. The molecular weight excluding hydrogens is 296 g/mol. The van der Waals surface area contributed by atoms with Crippen molar-refractivity contribution in [2.24, 2.45) is 0 Å². The maximum atomic E-state index is 11.9. The van der Waals surface area contributed by atoms with Gasteiger partial charge in [-0.2, -0.15) is 5.26 Å². The van der Waals surface area contributed by atoms with Crippen LogP contribution in [0.5, 0.6) is 11.5 Å². The average molecular weight is 314 g/mol. The molecule has 120 valence electrons. The predicted molar refractivity (Wildman–Crippen MR) is 85.0 cm³/mol. The molecule has 6 nitrogen and oxygen atoms in total. The second-order valence-electron chi connectivity index (χ2n) is 4.81. The van der Waals surface area contributed by atoms with Crippen molar-refractivity contribution in [1.29, 1.82) is 5.26 Å². The van der Waals surface area contributed by atoms with Crippen LogP contribution in [0.2, 0.25) is 0 Å². The number of methoxy groups -OCH3 is 2. The SMILES string of the molecule is COCCNC(=O)/C(C#N)=C\C1=Cc2cccc(OC)c2OC1. The number of ether oxygens (including phenoxy) is 3. The number of fused-ring (bicyclic) bond motifs is 1. The van der Waals surface area contributed by atoms with E-state index in [1.54, 1.807) is 14.2 Å².